The van der Waals surface area contributed by atoms with Gasteiger partial charge in [0.2, 0.25) is 5.91 Å². The molecule has 9 heteroatoms. The maximum absolute atomic E-state index is 12.7. The molecule has 23 heavy (non-hydrogen) atoms. The second kappa shape index (κ2) is 8.37. The fourth-order valence-corrected chi connectivity index (χ4v) is 2.37. The highest BCUT2D eigenvalue weighted by Gasteiger charge is 2.41. The summed E-state index contributed by atoms with van der Waals surface area (Å²) >= 11 is 0. The SMILES string of the molecule is CN=C(NCCC(=O)N(C)C)N1CCN(C(C)C(F)(F)F)CC1. The molecule has 1 rings (SSSR count). The molecule has 0 aromatic rings. The topological polar surface area (TPSA) is 51.2 Å². The summed E-state index contributed by atoms with van der Waals surface area (Å²) in [5.41, 5.74) is 0. The summed E-state index contributed by atoms with van der Waals surface area (Å²) in [7, 11) is 5.01. The average molecular weight is 337 g/mol. The molecule has 0 bridgehead atoms. The van der Waals surface area contributed by atoms with Crippen LogP contribution in [0.4, 0.5) is 13.2 Å². The Kier molecular flexibility index (Phi) is 7.11. The molecule has 0 aromatic heterocycles. The first kappa shape index (κ1) is 19.5. The van der Waals surface area contributed by atoms with E-state index >= 15 is 0 Å². The van der Waals surface area contributed by atoms with E-state index in [0.29, 0.717) is 45.1 Å². The molecule has 1 heterocycles. The molecular formula is C14H26F3N5O. The van der Waals surface area contributed by atoms with E-state index in [2.05, 4.69) is 10.3 Å². The molecule has 1 amide bonds. The third-order valence-corrected chi connectivity index (χ3v) is 3.97. The molecule has 1 atom stereocenters. The lowest BCUT2D eigenvalue weighted by molar-refractivity contribution is -0.181. The number of aliphatic imine (C=N–C) groups is 1. The highest BCUT2D eigenvalue weighted by Crippen LogP contribution is 2.25. The molecule has 0 spiro atoms. The van der Waals surface area contributed by atoms with Crippen LogP contribution in [-0.4, -0.2) is 92.7 Å². The fourth-order valence-electron chi connectivity index (χ4n) is 2.37. The molecule has 6 nitrogen and oxygen atoms in total. The van der Waals surface area contributed by atoms with E-state index in [9.17, 15) is 18.0 Å². The van der Waals surface area contributed by atoms with Gasteiger partial charge in [0.1, 0.15) is 6.04 Å². The number of nitrogens with one attached hydrogen (secondary N) is 1. The average Bonchev–Trinajstić information content (AvgIpc) is 2.50. The monoisotopic (exact) mass is 337 g/mol. The zero-order valence-electron chi connectivity index (χ0n) is 14.2. The van der Waals surface area contributed by atoms with Crippen molar-refractivity contribution in [2.24, 2.45) is 4.99 Å². The summed E-state index contributed by atoms with van der Waals surface area (Å²) in [6.45, 7) is 3.25. The Hall–Kier alpha value is -1.51. The van der Waals surface area contributed by atoms with Crippen LogP contribution in [0.2, 0.25) is 0 Å². The molecule has 1 N–H and O–H groups in total. The third kappa shape index (κ3) is 5.89. The van der Waals surface area contributed by atoms with Gasteiger partial charge in [0, 0.05) is 60.3 Å². The number of rotatable bonds is 4. The van der Waals surface area contributed by atoms with Crippen molar-refractivity contribution in [3.63, 3.8) is 0 Å². The van der Waals surface area contributed by atoms with Gasteiger partial charge in [-0.3, -0.25) is 14.7 Å². The van der Waals surface area contributed by atoms with E-state index in [1.54, 1.807) is 21.1 Å². The Morgan fingerprint density at radius 3 is 2.26 bits per heavy atom. The number of alkyl halides is 3. The van der Waals surface area contributed by atoms with Gasteiger partial charge in [-0.1, -0.05) is 0 Å². The van der Waals surface area contributed by atoms with Crippen molar-refractivity contribution >= 4 is 11.9 Å². The molecule has 0 radical (unpaired) electrons. The van der Waals surface area contributed by atoms with Crippen molar-refractivity contribution in [3.8, 4) is 0 Å². The summed E-state index contributed by atoms with van der Waals surface area (Å²) in [4.78, 5) is 20.5. The van der Waals surface area contributed by atoms with Gasteiger partial charge < -0.3 is 15.1 Å². The second-order valence-electron chi connectivity index (χ2n) is 5.75. The predicted octanol–water partition coefficient (Wildman–Crippen LogP) is 0.608. The van der Waals surface area contributed by atoms with E-state index in [-0.39, 0.29) is 5.91 Å². The standard InChI is InChI=1S/C14H26F3N5O/c1-11(14(15,16)17)21-7-9-22(10-8-21)13(18-2)19-6-5-12(23)20(3)4/h11H,5-10H2,1-4H3,(H,18,19). The normalized spacial score (nSPS) is 18.7. The molecule has 1 saturated heterocycles. The number of carbonyl (C=O) groups is 1. The molecule has 0 aromatic carbocycles. The highest BCUT2D eigenvalue weighted by atomic mass is 19.4. The van der Waals surface area contributed by atoms with Gasteiger partial charge in [0.05, 0.1) is 0 Å². The molecule has 0 aliphatic carbocycles. The Balaban J connectivity index is 2.44. The predicted molar refractivity (Wildman–Crippen MR) is 83.3 cm³/mol. The van der Waals surface area contributed by atoms with Crippen molar-refractivity contribution in [3.05, 3.63) is 0 Å². The van der Waals surface area contributed by atoms with Crippen molar-refractivity contribution in [2.75, 3.05) is 53.9 Å². The van der Waals surface area contributed by atoms with E-state index in [1.165, 1.54) is 16.7 Å². The van der Waals surface area contributed by atoms with Gasteiger partial charge in [-0.15, -0.1) is 0 Å². The summed E-state index contributed by atoms with van der Waals surface area (Å²) in [5.74, 6) is 0.632. The van der Waals surface area contributed by atoms with Gasteiger partial charge in [-0.25, -0.2) is 0 Å². The van der Waals surface area contributed by atoms with Gasteiger partial charge in [-0.2, -0.15) is 13.2 Å². The number of hydrogen-bond donors (Lipinski definition) is 1. The molecular weight excluding hydrogens is 311 g/mol. The number of nitrogens with zero attached hydrogens (tertiary/aromatic N) is 4. The lowest BCUT2D eigenvalue weighted by Gasteiger charge is -2.39. The maximum Gasteiger partial charge on any atom is 0.403 e. The molecule has 1 aliphatic rings. The van der Waals surface area contributed by atoms with E-state index in [1.807, 2.05) is 4.90 Å². The highest BCUT2D eigenvalue weighted by molar-refractivity contribution is 5.81. The summed E-state index contributed by atoms with van der Waals surface area (Å²) in [5, 5.41) is 3.09. The van der Waals surface area contributed by atoms with E-state index < -0.39 is 12.2 Å². The number of amides is 1. The third-order valence-electron chi connectivity index (χ3n) is 3.97. The van der Waals surface area contributed by atoms with Crippen molar-refractivity contribution in [1.82, 2.24) is 20.0 Å². The molecule has 0 saturated carbocycles. The second-order valence-corrected chi connectivity index (χ2v) is 5.75. The number of piperazine rings is 1. The van der Waals surface area contributed by atoms with Gasteiger partial charge in [-0.05, 0) is 6.92 Å². The van der Waals surface area contributed by atoms with E-state index in [4.69, 9.17) is 0 Å². The van der Waals surface area contributed by atoms with Crippen LogP contribution in [0.3, 0.4) is 0 Å². The van der Waals surface area contributed by atoms with Gasteiger partial charge >= 0.3 is 6.18 Å². The Morgan fingerprint density at radius 2 is 1.83 bits per heavy atom. The fraction of sp³-hybridized carbons (Fsp3) is 0.857. The van der Waals surface area contributed by atoms with Crippen LogP contribution in [0.5, 0.6) is 0 Å². The largest absolute Gasteiger partial charge is 0.403 e. The minimum atomic E-state index is -4.20. The minimum Gasteiger partial charge on any atom is -0.356 e. The summed E-state index contributed by atoms with van der Waals surface area (Å²) < 4.78 is 38.2. The van der Waals surface area contributed by atoms with Gasteiger partial charge in [0.25, 0.3) is 0 Å². The van der Waals surface area contributed by atoms with Crippen molar-refractivity contribution in [2.45, 2.75) is 25.6 Å². The first-order chi connectivity index (χ1) is 10.7. The Morgan fingerprint density at radius 1 is 1.26 bits per heavy atom. The van der Waals surface area contributed by atoms with Crippen LogP contribution in [0.25, 0.3) is 0 Å². The lowest BCUT2D eigenvalue weighted by Crippen LogP contribution is -2.56. The van der Waals surface area contributed by atoms with Crippen molar-refractivity contribution in [1.29, 1.82) is 0 Å². The summed E-state index contributed by atoms with van der Waals surface area (Å²) in [6, 6.07) is -1.43. The zero-order chi connectivity index (χ0) is 17.6. The number of halogens is 3. The lowest BCUT2D eigenvalue weighted by atomic mass is 10.2. The minimum absolute atomic E-state index is 0.0109. The quantitative estimate of drug-likeness (QED) is 0.603. The van der Waals surface area contributed by atoms with Crippen LogP contribution >= 0.6 is 0 Å². The Labute approximate surface area is 135 Å². The molecule has 134 valence electrons. The first-order valence-electron chi connectivity index (χ1n) is 7.63. The maximum atomic E-state index is 12.7. The van der Waals surface area contributed by atoms with Crippen LogP contribution < -0.4 is 5.32 Å². The van der Waals surface area contributed by atoms with Crippen LogP contribution in [0.15, 0.2) is 4.99 Å². The number of carbonyl (C=O) groups excluding carboxylic acids is 1. The summed E-state index contributed by atoms with van der Waals surface area (Å²) in [6.07, 6.45) is -3.86. The van der Waals surface area contributed by atoms with Crippen LogP contribution in [-0.2, 0) is 4.79 Å². The van der Waals surface area contributed by atoms with Crippen LogP contribution in [0.1, 0.15) is 13.3 Å². The molecule has 1 aliphatic heterocycles. The van der Waals surface area contributed by atoms with E-state index in [0.717, 1.165) is 0 Å². The first-order valence-corrected chi connectivity index (χ1v) is 7.63. The zero-order valence-corrected chi connectivity index (χ0v) is 14.2. The van der Waals surface area contributed by atoms with Crippen molar-refractivity contribution < 1.29 is 18.0 Å². The van der Waals surface area contributed by atoms with Gasteiger partial charge in [0.15, 0.2) is 5.96 Å². The molecule has 1 unspecified atom stereocenters. The molecule has 1 fully saturated rings. The smallest absolute Gasteiger partial charge is 0.356 e. The number of hydrogen-bond acceptors (Lipinski definition) is 3. The number of guanidine groups is 1. The Bertz CT molecular complexity index is 417. The van der Waals surface area contributed by atoms with Crippen LogP contribution in [0, 0.1) is 0 Å².